The fraction of sp³-hybridized carbons (Fsp3) is 0.462. The fourth-order valence-electron chi connectivity index (χ4n) is 1.62. The highest BCUT2D eigenvalue weighted by molar-refractivity contribution is 5.44. The topological polar surface area (TPSA) is 29.4 Å². The third kappa shape index (κ3) is 2.54. The molecule has 1 aliphatic rings. The Morgan fingerprint density at radius 1 is 1.60 bits per heavy atom. The molecular formula is C13H17NO. The van der Waals surface area contributed by atoms with Crippen LogP contribution in [0.15, 0.2) is 40.4 Å². The van der Waals surface area contributed by atoms with E-state index in [-0.39, 0.29) is 0 Å². The molecule has 0 bridgehead atoms. The van der Waals surface area contributed by atoms with E-state index in [0.717, 1.165) is 18.4 Å². The van der Waals surface area contributed by atoms with E-state index in [1.165, 1.54) is 5.57 Å². The zero-order valence-electron chi connectivity index (χ0n) is 9.58. The highest BCUT2D eigenvalue weighted by Gasteiger charge is 2.25. The Labute approximate surface area is 91.1 Å². The van der Waals surface area contributed by atoms with Crippen LogP contribution in [0.2, 0.25) is 0 Å². The van der Waals surface area contributed by atoms with E-state index in [4.69, 9.17) is 0 Å². The van der Waals surface area contributed by atoms with Crippen molar-refractivity contribution in [2.45, 2.75) is 39.2 Å². The molecule has 0 saturated heterocycles. The standard InChI is InChI=1S/C13H17NO/c1-4-11-6-8-12(9-7-11)13(3,5-2)14-10-15/h4,6,8-9H,5,7H2,1-3H3. The van der Waals surface area contributed by atoms with Gasteiger partial charge in [-0.15, -0.1) is 0 Å². The van der Waals surface area contributed by atoms with Crippen molar-refractivity contribution in [2.75, 3.05) is 0 Å². The number of rotatable bonds is 3. The van der Waals surface area contributed by atoms with Gasteiger partial charge in [0.1, 0.15) is 0 Å². The van der Waals surface area contributed by atoms with Gasteiger partial charge in [0, 0.05) is 0 Å². The van der Waals surface area contributed by atoms with Gasteiger partial charge >= 0.3 is 0 Å². The molecule has 0 amide bonds. The van der Waals surface area contributed by atoms with Crippen LogP contribution in [-0.2, 0) is 4.79 Å². The van der Waals surface area contributed by atoms with Gasteiger partial charge in [-0.2, -0.15) is 4.99 Å². The molecule has 0 radical (unpaired) electrons. The normalized spacial score (nSPS) is 21.8. The SMILES string of the molecule is CC=C1C=CC(C(C)(CC)N=C=O)=CC1. The van der Waals surface area contributed by atoms with E-state index >= 15 is 0 Å². The molecule has 2 heteroatoms. The van der Waals surface area contributed by atoms with Crippen molar-refractivity contribution >= 4 is 6.08 Å². The van der Waals surface area contributed by atoms with Crippen LogP contribution in [-0.4, -0.2) is 11.6 Å². The van der Waals surface area contributed by atoms with Crippen LogP contribution < -0.4 is 0 Å². The largest absolute Gasteiger partial charge is 0.235 e. The first-order valence-corrected chi connectivity index (χ1v) is 5.29. The van der Waals surface area contributed by atoms with Gasteiger partial charge in [0.15, 0.2) is 0 Å². The number of carbonyl (C=O) groups excluding carboxylic acids is 1. The summed E-state index contributed by atoms with van der Waals surface area (Å²) in [6.07, 6.45) is 11.8. The predicted octanol–water partition coefficient (Wildman–Crippen LogP) is 3.32. The summed E-state index contributed by atoms with van der Waals surface area (Å²) in [6.45, 7) is 6.02. The van der Waals surface area contributed by atoms with Crippen molar-refractivity contribution in [1.29, 1.82) is 0 Å². The minimum atomic E-state index is -0.405. The zero-order valence-corrected chi connectivity index (χ0v) is 9.58. The molecule has 0 N–H and O–H groups in total. The van der Waals surface area contributed by atoms with Gasteiger partial charge < -0.3 is 0 Å². The lowest BCUT2D eigenvalue weighted by Crippen LogP contribution is -2.23. The average molecular weight is 203 g/mol. The summed E-state index contributed by atoms with van der Waals surface area (Å²) in [7, 11) is 0. The summed E-state index contributed by atoms with van der Waals surface area (Å²) in [5, 5.41) is 0. The predicted molar refractivity (Wildman–Crippen MR) is 62.4 cm³/mol. The number of isocyanates is 1. The minimum Gasteiger partial charge on any atom is -0.211 e. The van der Waals surface area contributed by atoms with Crippen LogP contribution in [0.3, 0.4) is 0 Å². The Bertz CT molecular complexity index is 370. The third-order valence-electron chi connectivity index (χ3n) is 3.01. The first kappa shape index (κ1) is 11.7. The summed E-state index contributed by atoms with van der Waals surface area (Å²) in [5.74, 6) is 0. The zero-order chi connectivity index (χ0) is 11.3. The first-order chi connectivity index (χ1) is 7.16. The van der Waals surface area contributed by atoms with Gasteiger partial charge in [-0.25, -0.2) is 4.79 Å². The summed E-state index contributed by atoms with van der Waals surface area (Å²) >= 11 is 0. The van der Waals surface area contributed by atoms with Gasteiger partial charge in [0.05, 0.1) is 5.54 Å². The number of hydrogen-bond donors (Lipinski definition) is 0. The Morgan fingerprint density at radius 2 is 2.33 bits per heavy atom. The molecule has 0 fully saturated rings. The Kier molecular flexibility index (Phi) is 3.81. The minimum absolute atomic E-state index is 0.405. The van der Waals surface area contributed by atoms with Gasteiger partial charge in [0.25, 0.3) is 0 Å². The summed E-state index contributed by atoms with van der Waals surface area (Å²) < 4.78 is 0. The Morgan fingerprint density at radius 3 is 2.73 bits per heavy atom. The monoisotopic (exact) mass is 203 g/mol. The van der Waals surface area contributed by atoms with Crippen LogP contribution in [0.5, 0.6) is 0 Å². The first-order valence-electron chi connectivity index (χ1n) is 5.29. The lowest BCUT2D eigenvalue weighted by Gasteiger charge is -2.25. The molecule has 1 rings (SSSR count). The van der Waals surface area contributed by atoms with Gasteiger partial charge in [0.2, 0.25) is 6.08 Å². The van der Waals surface area contributed by atoms with Crippen molar-refractivity contribution in [1.82, 2.24) is 0 Å². The Balaban J connectivity index is 2.95. The molecule has 0 aromatic heterocycles. The van der Waals surface area contributed by atoms with E-state index in [0.29, 0.717) is 0 Å². The van der Waals surface area contributed by atoms with Crippen LogP contribution in [0.25, 0.3) is 0 Å². The van der Waals surface area contributed by atoms with Crippen LogP contribution in [0.1, 0.15) is 33.6 Å². The van der Waals surface area contributed by atoms with E-state index in [9.17, 15) is 4.79 Å². The molecule has 0 aliphatic heterocycles. The van der Waals surface area contributed by atoms with Gasteiger partial charge in [-0.3, -0.25) is 0 Å². The van der Waals surface area contributed by atoms with Crippen molar-refractivity contribution in [3.05, 3.63) is 35.5 Å². The quantitative estimate of drug-likeness (QED) is 0.511. The molecule has 1 unspecified atom stereocenters. The highest BCUT2D eigenvalue weighted by Crippen LogP contribution is 2.30. The Hall–Kier alpha value is -1.40. The number of hydrogen-bond acceptors (Lipinski definition) is 2. The van der Waals surface area contributed by atoms with Crippen molar-refractivity contribution in [3.63, 3.8) is 0 Å². The van der Waals surface area contributed by atoms with E-state index in [1.54, 1.807) is 6.08 Å². The molecular weight excluding hydrogens is 186 g/mol. The van der Waals surface area contributed by atoms with Crippen LogP contribution in [0, 0.1) is 0 Å². The molecule has 2 nitrogen and oxygen atoms in total. The molecule has 0 saturated carbocycles. The summed E-state index contributed by atoms with van der Waals surface area (Å²) in [6, 6.07) is 0. The molecule has 0 aromatic carbocycles. The molecule has 0 aromatic rings. The van der Waals surface area contributed by atoms with Crippen molar-refractivity contribution < 1.29 is 4.79 Å². The third-order valence-corrected chi connectivity index (χ3v) is 3.01. The summed E-state index contributed by atoms with van der Waals surface area (Å²) in [5.41, 5.74) is 2.00. The number of aliphatic imine (C=N–C) groups is 1. The lowest BCUT2D eigenvalue weighted by atomic mass is 9.85. The van der Waals surface area contributed by atoms with Gasteiger partial charge in [-0.05, 0) is 37.8 Å². The molecule has 80 valence electrons. The smallest absolute Gasteiger partial charge is 0.211 e. The van der Waals surface area contributed by atoms with E-state index < -0.39 is 5.54 Å². The maximum Gasteiger partial charge on any atom is 0.235 e. The molecule has 0 spiro atoms. The molecule has 15 heavy (non-hydrogen) atoms. The highest BCUT2D eigenvalue weighted by atomic mass is 16.1. The average Bonchev–Trinajstić information content (AvgIpc) is 2.29. The number of nitrogens with zero attached hydrogens (tertiary/aromatic N) is 1. The van der Waals surface area contributed by atoms with Crippen molar-refractivity contribution in [3.8, 4) is 0 Å². The van der Waals surface area contributed by atoms with E-state index in [1.807, 2.05) is 26.8 Å². The number of allylic oxidation sites excluding steroid dienone is 4. The maximum atomic E-state index is 10.4. The lowest BCUT2D eigenvalue weighted by molar-refractivity contribution is 0.516. The summed E-state index contributed by atoms with van der Waals surface area (Å²) in [4.78, 5) is 14.3. The van der Waals surface area contributed by atoms with Gasteiger partial charge in [-0.1, -0.05) is 31.2 Å². The maximum absolute atomic E-state index is 10.4. The molecule has 0 heterocycles. The van der Waals surface area contributed by atoms with Crippen LogP contribution >= 0.6 is 0 Å². The van der Waals surface area contributed by atoms with E-state index in [2.05, 4.69) is 23.2 Å². The molecule has 1 aliphatic carbocycles. The second kappa shape index (κ2) is 4.90. The van der Waals surface area contributed by atoms with Crippen LogP contribution in [0.4, 0.5) is 0 Å². The molecule has 1 atom stereocenters. The van der Waals surface area contributed by atoms with Crippen molar-refractivity contribution in [2.24, 2.45) is 4.99 Å². The second-order valence-electron chi connectivity index (χ2n) is 3.89. The second-order valence-corrected chi connectivity index (χ2v) is 3.89. The fourth-order valence-corrected chi connectivity index (χ4v) is 1.62.